The molecule has 0 aliphatic rings. The number of benzene rings is 1. The minimum Gasteiger partial charge on any atom is -0.406 e. The first kappa shape index (κ1) is 17.8. The van der Waals surface area contributed by atoms with Crippen LogP contribution in [0.4, 0.5) is 13.2 Å². The molecule has 8 heteroatoms. The van der Waals surface area contributed by atoms with E-state index >= 15 is 0 Å². The molecule has 0 spiro atoms. The van der Waals surface area contributed by atoms with Crippen molar-refractivity contribution in [3.05, 3.63) is 46.8 Å². The smallest absolute Gasteiger partial charge is 0.406 e. The number of carbonyl (C=O) groups excluding carboxylic acids is 1. The molecule has 0 aliphatic carbocycles. The van der Waals surface area contributed by atoms with E-state index in [2.05, 4.69) is 9.84 Å². The SMILES string of the molecule is Cc1nn(C)c(C)c1C(=O)N(C)Cc1ccc(OC(F)(F)F)cc1. The van der Waals surface area contributed by atoms with Gasteiger partial charge in [0.15, 0.2) is 0 Å². The van der Waals surface area contributed by atoms with Crippen LogP contribution < -0.4 is 4.74 Å². The van der Waals surface area contributed by atoms with Gasteiger partial charge >= 0.3 is 6.36 Å². The maximum atomic E-state index is 12.6. The van der Waals surface area contributed by atoms with Crippen molar-refractivity contribution in [2.45, 2.75) is 26.8 Å². The van der Waals surface area contributed by atoms with E-state index in [0.717, 1.165) is 5.69 Å². The predicted octanol–water partition coefficient (Wildman–Crippen LogP) is 3.21. The number of rotatable bonds is 4. The summed E-state index contributed by atoms with van der Waals surface area (Å²) in [5.74, 6) is -0.479. The molecule has 1 heterocycles. The van der Waals surface area contributed by atoms with E-state index in [1.54, 1.807) is 25.7 Å². The highest BCUT2D eigenvalue weighted by Crippen LogP contribution is 2.23. The van der Waals surface area contributed by atoms with E-state index in [9.17, 15) is 18.0 Å². The number of halogens is 3. The Balaban J connectivity index is 2.09. The topological polar surface area (TPSA) is 47.4 Å². The molecule has 2 rings (SSSR count). The maximum Gasteiger partial charge on any atom is 0.573 e. The summed E-state index contributed by atoms with van der Waals surface area (Å²) in [6.45, 7) is 3.83. The van der Waals surface area contributed by atoms with Crippen molar-refractivity contribution in [2.75, 3.05) is 7.05 Å². The summed E-state index contributed by atoms with van der Waals surface area (Å²) in [5.41, 5.74) is 2.63. The highest BCUT2D eigenvalue weighted by atomic mass is 19.4. The summed E-state index contributed by atoms with van der Waals surface area (Å²) in [6.07, 6.45) is -4.72. The molecule has 130 valence electrons. The number of nitrogens with zero attached hydrogens (tertiary/aromatic N) is 3. The third kappa shape index (κ3) is 4.06. The van der Waals surface area contributed by atoms with Crippen LogP contribution in [0.3, 0.4) is 0 Å². The molecule has 0 saturated carbocycles. The van der Waals surface area contributed by atoms with Gasteiger partial charge in [-0.05, 0) is 31.5 Å². The van der Waals surface area contributed by atoms with Gasteiger partial charge in [-0.2, -0.15) is 5.10 Å². The van der Waals surface area contributed by atoms with E-state index < -0.39 is 6.36 Å². The van der Waals surface area contributed by atoms with Crippen molar-refractivity contribution < 1.29 is 22.7 Å². The van der Waals surface area contributed by atoms with Gasteiger partial charge in [0.25, 0.3) is 5.91 Å². The van der Waals surface area contributed by atoms with Crippen LogP contribution >= 0.6 is 0 Å². The number of aryl methyl sites for hydroxylation is 2. The standard InChI is InChI=1S/C16H18F3N3O2/c1-10-14(11(2)22(4)20-10)15(23)21(3)9-12-5-7-13(8-6-12)24-16(17,18)19/h5-8H,9H2,1-4H3. The van der Waals surface area contributed by atoms with Crippen molar-refractivity contribution in [2.24, 2.45) is 7.05 Å². The van der Waals surface area contributed by atoms with Gasteiger partial charge in [-0.1, -0.05) is 12.1 Å². The molecule has 24 heavy (non-hydrogen) atoms. The van der Waals surface area contributed by atoms with Gasteiger partial charge in [0.1, 0.15) is 5.75 Å². The Bertz CT molecular complexity index is 736. The normalized spacial score (nSPS) is 11.5. The average Bonchev–Trinajstić information content (AvgIpc) is 2.72. The van der Waals surface area contributed by atoms with E-state index in [0.29, 0.717) is 16.8 Å². The van der Waals surface area contributed by atoms with E-state index in [-0.39, 0.29) is 18.2 Å². The largest absolute Gasteiger partial charge is 0.573 e. The molecule has 0 bridgehead atoms. The Morgan fingerprint density at radius 2 is 1.83 bits per heavy atom. The molecular formula is C16H18F3N3O2. The molecule has 0 radical (unpaired) electrons. The zero-order chi connectivity index (χ0) is 18.1. The first-order valence-corrected chi connectivity index (χ1v) is 7.19. The Morgan fingerprint density at radius 3 is 2.29 bits per heavy atom. The van der Waals surface area contributed by atoms with Gasteiger partial charge < -0.3 is 9.64 Å². The van der Waals surface area contributed by atoms with Gasteiger partial charge in [-0.3, -0.25) is 9.48 Å². The predicted molar refractivity (Wildman–Crippen MR) is 81.6 cm³/mol. The Hall–Kier alpha value is -2.51. The van der Waals surface area contributed by atoms with Crippen LogP contribution in [-0.2, 0) is 13.6 Å². The molecule has 0 aliphatic heterocycles. The Kier molecular flexibility index (Phi) is 4.86. The molecule has 0 N–H and O–H groups in total. The Morgan fingerprint density at radius 1 is 1.25 bits per heavy atom. The lowest BCUT2D eigenvalue weighted by Crippen LogP contribution is -2.27. The highest BCUT2D eigenvalue weighted by Gasteiger charge is 2.31. The van der Waals surface area contributed by atoms with Crippen molar-refractivity contribution in [3.63, 3.8) is 0 Å². The lowest BCUT2D eigenvalue weighted by atomic mass is 10.1. The minimum absolute atomic E-state index is 0.186. The zero-order valence-corrected chi connectivity index (χ0v) is 13.8. The van der Waals surface area contributed by atoms with Crippen molar-refractivity contribution in [1.82, 2.24) is 14.7 Å². The van der Waals surface area contributed by atoms with Crippen molar-refractivity contribution in [1.29, 1.82) is 0 Å². The summed E-state index contributed by atoms with van der Waals surface area (Å²) in [6, 6.07) is 5.44. The summed E-state index contributed by atoms with van der Waals surface area (Å²) in [7, 11) is 3.40. The molecule has 0 fully saturated rings. The second-order valence-corrected chi connectivity index (χ2v) is 5.52. The lowest BCUT2D eigenvalue weighted by molar-refractivity contribution is -0.274. The van der Waals surface area contributed by atoms with Crippen LogP contribution in [0.5, 0.6) is 5.75 Å². The van der Waals surface area contributed by atoms with Crippen LogP contribution in [0.15, 0.2) is 24.3 Å². The van der Waals surface area contributed by atoms with Gasteiger partial charge in [0, 0.05) is 26.3 Å². The Labute approximate surface area is 137 Å². The van der Waals surface area contributed by atoms with E-state index in [1.165, 1.54) is 29.2 Å². The summed E-state index contributed by atoms with van der Waals surface area (Å²) in [5, 5.41) is 4.21. The average molecular weight is 341 g/mol. The molecule has 5 nitrogen and oxygen atoms in total. The van der Waals surface area contributed by atoms with Crippen molar-refractivity contribution in [3.8, 4) is 5.75 Å². The van der Waals surface area contributed by atoms with E-state index in [4.69, 9.17) is 0 Å². The number of hydrogen-bond donors (Lipinski definition) is 0. The zero-order valence-electron chi connectivity index (χ0n) is 13.8. The minimum atomic E-state index is -4.72. The number of amides is 1. The highest BCUT2D eigenvalue weighted by molar-refractivity contribution is 5.96. The second kappa shape index (κ2) is 6.54. The fourth-order valence-electron chi connectivity index (χ4n) is 2.42. The van der Waals surface area contributed by atoms with Crippen molar-refractivity contribution >= 4 is 5.91 Å². The van der Waals surface area contributed by atoms with Gasteiger partial charge in [0.05, 0.1) is 11.3 Å². The molecular weight excluding hydrogens is 323 g/mol. The molecule has 1 amide bonds. The number of carbonyl (C=O) groups is 1. The fourth-order valence-corrected chi connectivity index (χ4v) is 2.42. The van der Waals surface area contributed by atoms with Crippen LogP contribution in [0, 0.1) is 13.8 Å². The van der Waals surface area contributed by atoms with E-state index in [1.807, 2.05) is 6.92 Å². The number of hydrogen-bond acceptors (Lipinski definition) is 3. The summed E-state index contributed by atoms with van der Waals surface area (Å²) in [4.78, 5) is 14.1. The van der Waals surface area contributed by atoms with Crippen LogP contribution in [0.25, 0.3) is 0 Å². The van der Waals surface area contributed by atoms with Crippen LogP contribution in [0.1, 0.15) is 27.3 Å². The number of ether oxygens (including phenoxy) is 1. The monoisotopic (exact) mass is 341 g/mol. The molecule has 2 aromatic rings. The third-order valence-corrected chi connectivity index (χ3v) is 3.65. The fraction of sp³-hybridized carbons (Fsp3) is 0.375. The lowest BCUT2D eigenvalue weighted by Gasteiger charge is -2.18. The number of aromatic nitrogens is 2. The molecule has 1 aromatic carbocycles. The van der Waals surface area contributed by atoms with Gasteiger partial charge in [0.2, 0.25) is 0 Å². The molecule has 0 saturated heterocycles. The van der Waals surface area contributed by atoms with Crippen LogP contribution in [-0.4, -0.2) is 34.0 Å². The quantitative estimate of drug-likeness (QED) is 0.858. The number of alkyl halides is 3. The maximum absolute atomic E-state index is 12.6. The second-order valence-electron chi connectivity index (χ2n) is 5.52. The first-order chi connectivity index (χ1) is 11.1. The van der Waals surface area contributed by atoms with Crippen LogP contribution in [0.2, 0.25) is 0 Å². The molecule has 1 aromatic heterocycles. The van der Waals surface area contributed by atoms with Gasteiger partial charge in [-0.15, -0.1) is 13.2 Å². The third-order valence-electron chi connectivity index (χ3n) is 3.65. The summed E-state index contributed by atoms with van der Waals surface area (Å²) >= 11 is 0. The molecule has 0 unspecified atom stereocenters. The molecule has 0 atom stereocenters. The summed E-state index contributed by atoms with van der Waals surface area (Å²) < 4.78 is 41.9. The first-order valence-electron chi connectivity index (χ1n) is 7.19. The van der Waals surface area contributed by atoms with Gasteiger partial charge in [-0.25, -0.2) is 0 Å².